The largest absolute Gasteiger partial charge is 0.394 e. The summed E-state index contributed by atoms with van der Waals surface area (Å²) in [4.78, 5) is 40.2. The fourth-order valence-electron chi connectivity index (χ4n) is 17.9. The second-order valence-corrected chi connectivity index (χ2v) is 36.3. The van der Waals surface area contributed by atoms with Crippen LogP contribution >= 0.6 is 0 Å². The van der Waals surface area contributed by atoms with Crippen LogP contribution in [0.15, 0.2) is 12.2 Å². The average Bonchev–Trinajstić information content (AvgIpc) is 0.759. The van der Waals surface area contributed by atoms with Crippen molar-refractivity contribution in [3.05, 3.63) is 12.2 Å². The number of aliphatic hydroxyl groups excluding tert-OH is 20. The van der Waals surface area contributed by atoms with E-state index in [0.29, 0.717) is 12.8 Å². The summed E-state index contributed by atoms with van der Waals surface area (Å²) >= 11 is 0. The molecule has 7 saturated heterocycles. The van der Waals surface area contributed by atoms with Gasteiger partial charge in [0.2, 0.25) is 17.7 Å². The minimum atomic E-state index is -2.37. The zero-order valence-corrected chi connectivity index (χ0v) is 76.8. The number of carbonyl (C=O) groups excluding carboxylic acids is 3. The van der Waals surface area contributed by atoms with Crippen LogP contribution in [0.4, 0.5) is 0 Å². The van der Waals surface area contributed by atoms with Crippen molar-refractivity contribution < 1.29 is 183 Å². The molecule has 0 saturated carbocycles. The van der Waals surface area contributed by atoms with E-state index in [1.165, 1.54) is 167 Å². The van der Waals surface area contributed by atoms with Gasteiger partial charge in [-0.3, -0.25) is 14.4 Å². The lowest BCUT2D eigenvalue weighted by molar-refractivity contribution is -0.392. The molecular formula is C90H163N3O37. The van der Waals surface area contributed by atoms with E-state index in [2.05, 4.69) is 29.8 Å². The van der Waals surface area contributed by atoms with E-state index in [4.69, 9.17) is 66.3 Å². The van der Waals surface area contributed by atoms with Crippen LogP contribution in [-0.2, 0) is 80.7 Å². The number of hydrogen-bond donors (Lipinski definition) is 23. The number of rotatable bonds is 62. The van der Waals surface area contributed by atoms with Crippen molar-refractivity contribution in [1.29, 1.82) is 0 Å². The van der Waals surface area contributed by atoms with Crippen LogP contribution < -0.4 is 16.0 Å². The van der Waals surface area contributed by atoms with Gasteiger partial charge in [-0.25, -0.2) is 0 Å². The molecule has 0 aromatic carbocycles. The van der Waals surface area contributed by atoms with Gasteiger partial charge in [-0.2, -0.15) is 0 Å². The molecule has 40 nitrogen and oxygen atoms in total. The summed E-state index contributed by atoms with van der Waals surface area (Å²) in [6.07, 6.45) is -20.4. The second kappa shape index (κ2) is 61.3. The molecule has 0 aliphatic carbocycles. The third-order valence-corrected chi connectivity index (χ3v) is 25.8. The van der Waals surface area contributed by atoms with Crippen molar-refractivity contribution in [2.45, 2.75) is 493 Å². The van der Waals surface area contributed by atoms with Gasteiger partial charge in [-0.1, -0.05) is 231 Å². The van der Waals surface area contributed by atoms with Crippen LogP contribution in [0.25, 0.3) is 0 Å². The van der Waals surface area contributed by atoms with Gasteiger partial charge in [0.1, 0.15) is 165 Å². The number of nitrogens with one attached hydrogen (secondary N) is 3. The maximum Gasteiger partial charge on any atom is 0.220 e. The van der Waals surface area contributed by atoms with E-state index in [0.717, 1.165) is 65.2 Å². The Morgan fingerprint density at radius 1 is 0.315 bits per heavy atom. The molecule has 23 N–H and O–H groups in total. The molecule has 14 unspecified atom stereocenters. The number of unbranched alkanes of at least 4 members (excludes halogenated alkanes) is 33. The van der Waals surface area contributed by atoms with Crippen molar-refractivity contribution in [2.24, 2.45) is 0 Å². The zero-order valence-electron chi connectivity index (χ0n) is 76.8. The van der Waals surface area contributed by atoms with Gasteiger partial charge in [-0.15, -0.1) is 0 Å². The first-order valence-corrected chi connectivity index (χ1v) is 48.3. The van der Waals surface area contributed by atoms with E-state index >= 15 is 0 Å². The summed E-state index contributed by atoms with van der Waals surface area (Å²) in [5, 5.41) is 232. The lowest BCUT2D eigenvalue weighted by atomic mass is 9.93. The van der Waals surface area contributed by atoms with E-state index < -0.39 is 285 Å². The number of allylic oxidation sites excluding steroid dienone is 1. The summed E-state index contributed by atoms with van der Waals surface area (Å²) < 4.78 is 84.3. The molecule has 0 aromatic rings. The summed E-state index contributed by atoms with van der Waals surface area (Å²) in [6, 6.07) is -4.84. The summed E-state index contributed by atoms with van der Waals surface area (Å²) in [6.45, 7) is 1.01. The Bertz CT molecular complexity index is 3060. The molecule has 7 aliphatic rings. The molecule has 0 spiro atoms. The number of hydrogen-bond acceptors (Lipinski definition) is 37. The second-order valence-electron chi connectivity index (χ2n) is 36.3. The third kappa shape index (κ3) is 35.0. The van der Waals surface area contributed by atoms with Crippen molar-refractivity contribution in [3.8, 4) is 0 Å². The van der Waals surface area contributed by atoms with Gasteiger partial charge >= 0.3 is 0 Å². The predicted molar refractivity (Wildman–Crippen MR) is 462 cm³/mol. The van der Waals surface area contributed by atoms with Gasteiger partial charge in [-0.05, 0) is 26.2 Å². The van der Waals surface area contributed by atoms with Crippen LogP contribution in [0, 0.1) is 0 Å². The molecule has 7 aliphatic heterocycles. The number of ether oxygens (including phenoxy) is 14. The molecular weight excluding hydrogens is 1710 g/mol. The number of amides is 3. The first kappa shape index (κ1) is 114. The van der Waals surface area contributed by atoms with Crippen molar-refractivity contribution in [3.63, 3.8) is 0 Å². The minimum absolute atomic E-state index is 0.169. The van der Waals surface area contributed by atoms with Crippen molar-refractivity contribution >= 4 is 17.7 Å². The SMILES string of the molecule is CCCCCCCCCCCCC/C=C/[C@@H](O)[C@H](CO[C@@H]1OC(CO)[C@@H](O[C@@H]2OC(CO)[C@H](O[C@@H]3OC(CO)[C@H](O)[C@H](O[C@@H]4OC(CO)[C@H](O)[C@H](O[C@@H]5OC(CO)[C@@H](O[C@@H]6OC(CO)[C@H](O)[C@H](O)C6O)[C@H](O[C@H]6OC(C)[C@@H](O)C(O)[C@@H]6O)C5NC(C)=O)C4O)C3NC(C)=O)[C@H](O)C2O)[C@H](O)C1O)NC(=O)CCCCCCCCCCCCCCCCCCCCCCCCC. The molecule has 0 radical (unpaired) electrons. The highest BCUT2D eigenvalue weighted by Crippen LogP contribution is 2.40. The van der Waals surface area contributed by atoms with E-state index in [1.54, 1.807) is 6.08 Å². The first-order chi connectivity index (χ1) is 62.5. The fraction of sp³-hybridized carbons (Fsp3) is 0.944. The molecule has 0 bridgehead atoms. The Hall–Kier alpha value is -3.21. The van der Waals surface area contributed by atoms with Gasteiger partial charge in [0.25, 0.3) is 0 Å². The van der Waals surface area contributed by atoms with Crippen molar-refractivity contribution in [2.75, 3.05) is 46.2 Å². The highest BCUT2D eigenvalue weighted by Gasteiger charge is 2.60. The van der Waals surface area contributed by atoms with Crippen molar-refractivity contribution in [1.82, 2.24) is 16.0 Å². The lowest BCUT2D eigenvalue weighted by Crippen LogP contribution is -2.71. The molecule has 3 amide bonds. The Morgan fingerprint density at radius 3 is 1.07 bits per heavy atom. The molecule has 7 fully saturated rings. The molecule has 7 rings (SSSR count). The Labute approximate surface area is 764 Å². The summed E-state index contributed by atoms with van der Waals surface area (Å²) in [7, 11) is 0. The number of carbonyl (C=O) groups is 3. The molecule has 760 valence electrons. The maximum atomic E-state index is 13.6. The van der Waals surface area contributed by atoms with Crippen LogP contribution in [-0.4, -0.2) is 393 Å². The maximum absolute atomic E-state index is 13.6. The number of aliphatic hydroxyl groups is 20. The summed E-state index contributed by atoms with van der Waals surface area (Å²) in [5.41, 5.74) is 0. The third-order valence-electron chi connectivity index (χ3n) is 25.8. The molecule has 0 aromatic heterocycles. The normalized spacial score (nSPS) is 37.3. The Kier molecular flexibility index (Phi) is 53.6. The molecule has 40 heteroatoms. The fourth-order valence-corrected chi connectivity index (χ4v) is 17.9. The first-order valence-electron chi connectivity index (χ1n) is 48.3. The van der Waals surface area contributed by atoms with E-state index in [9.17, 15) is 117 Å². The van der Waals surface area contributed by atoms with Gasteiger partial charge in [0.15, 0.2) is 44.0 Å². The summed E-state index contributed by atoms with van der Waals surface area (Å²) in [5.74, 6) is -2.17. The average molecular weight is 1880 g/mol. The molecule has 37 atom stereocenters. The van der Waals surface area contributed by atoms with Gasteiger partial charge in [0.05, 0.1) is 64.5 Å². The highest BCUT2D eigenvalue weighted by molar-refractivity contribution is 5.76. The van der Waals surface area contributed by atoms with Gasteiger partial charge in [0, 0.05) is 20.3 Å². The van der Waals surface area contributed by atoms with Crippen LogP contribution in [0.1, 0.15) is 266 Å². The Morgan fingerprint density at radius 2 is 0.623 bits per heavy atom. The standard InChI is InChI=1S/C90H163N3O37/c1-6-8-10-12-14-16-18-20-21-22-23-24-25-26-27-28-29-31-33-35-37-39-41-43-62(103)93-54(55(102)42-40-38-36-34-32-30-19-17-15-13-11-9-7-2)50-117-86-75(114)71(110)79(59(47-97)123-86)126-89-76(115)72(111)78(60(48-98)124-89)125-84-63(91-52(4)100)81(67(106)57(45-95)119-84)128-90-77(116)83(68(107)58(46-96)121-90)130-85-64(92-53(5)101)82(129-87-73(112)69(108)65(104)51(3)118-87)80(61(49-99)122-85)127-88-74(113)70(109)66(105)56(44-94)120-88/h40,42,51,54-61,63-90,94-99,102,104-116H,6-39,41,43-50H2,1-5H3,(H,91,100)(H,92,101)(H,93,103)/b42-40+/t51?,54-,55+,56?,57?,58?,59?,60?,61?,63?,64?,65+,66-,67-,68-,69?,70-,71+,72+,73-,74?,75?,76?,77?,78-,79+,80+,81+,82+,83-,84-,85-,86+,87+,88-,89-,90-/m0/s1. The minimum Gasteiger partial charge on any atom is -0.394 e. The topological polar surface area (TPSA) is 621 Å². The molecule has 7 heterocycles. The van der Waals surface area contributed by atoms with E-state index in [-0.39, 0.29) is 12.3 Å². The van der Waals surface area contributed by atoms with Crippen LogP contribution in [0.3, 0.4) is 0 Å². The van der Waals surface area contributed by atoms with Crippen LogP contribution in [0.2, 0.25) is 0 Å². The smallest absolute Gasteiger partial charge is 0.220 e. The quantitative estimate of drug-likeness (QED) is 0.0271. The lowest BCUT2D eigenvalue weighted by Gasteiger charge is -2.52. The predicted octanol–water partition coefficient (Wildman–Crippen LogP) is -0.451. The Balaban J connectivity index is 0.975. The monoisotopic (exact) mass is 1880 g/mol. The van der Waals surface area contributed by atoms with Gasteiger partial charge < -0.3 is 184 Å². The van der Waals surface area contributed by atoms with E-state index in [1.807, 2.05) is 6.08 Å². The molecule has 130 heavy (non-hydrogen) atoms. The zero-order chi connectivity index (χ0) is 94.9. The van der Waals surface area contributed by atoms with Crippen LogP contribution in [0.5, 0.6) is 0 Å². The highest BCUT2D eigenvalue weighted by atomic mass is 16.8.